The first-order valence-electron chi connectivity index (χ1n) is 7.48. The highest BCUT2D eigenvalue weighted by Crippen LogP contribution is 2.18. The van der Waals surface area contributed by atoms with Crippen molar-refractivity contribution < 1.29 is 14.7 Å². The van der Waals surface area contributed by atoms with Gasteiger partial charge in [0.25, 0.3) is 0 Å². The summed E-state index contributed by atoms with van der Waals surface area (Å²) in [4.78, 5) is 27.1. The van der Waals surface area contributed by atoms with Crippen molar-refractivity contribution in [3.05, 3.63) is 0 Å². The Morgan fingerprint density at radius 3 is 2.40 bits per heavy atom. The number of carbonyl (C=O) groups excluding carboxylic acids is 2. The van der Waals surface area contributed by atoms with Crippen molar-refractivity contribution in [2.75, 3.05) is 39.3 Å². The van der Waals surface area contributed by atoms with Gasteiger partial charge in [-0.15, -0.1) is 0 Å². The molecule has 2 fully saturated rings. The summed E-state index contributed by atoms with van der Waals surface area (Å²) in [5, 5.41) is 13.2. The normalized spacial score (nSPS) is 25.4. The van der Waals surface area contributed by atoms with E-state index in [4.69, 9.17) is 0 Å². The molecule has 0 radical (unpaired) electrons. The molecule has 1 atom stereocenters. The van der Waals surface area contributed by atoms with Crippen LogP contribution in [0.15, 0.2) is 0 Å². The molecule has 2 aliphatic heterocycles. The first kappa shape index (κ1) is 15.3. The summed E-state index contributed by atoms with van der Waals surface area (Å²) < 4.78 is 0. The van der Waals surface area contributed by atoms with Gasteiger partial charge in [-0.1, -0.05) is 0 Å². The molecule has 2 saturated heterocycles. The molecular formula is C14H25N3O3. The molecule has 6 heteroatoms. The van der Waals surface area contributed by atoms with Gasteiger partial charge >= 0.3 is 0 Å². The van der Waals surface area contributed by atoms with E-state index in [2.05, 4.69) is 5.32 Å². The molecule has 20 heavy (non-hydrogen) atoms. The molecule has 114 valence electrons. The SMILES string of the molecule is CC(=O)N1CCN(C(=O)CC2CCNCC2)CC(O)C1. The number of carbonyl (C=O) groups is 2. The number of rotatable bonds is 2. The van der Waals surface area contributed by atoms with Gasteiger partial charge in [0, 0.05) is 39.5 Å². The van der Waals surface area contributed by atoms with E-state index >= 15 is 0 Å². The van der Waals surface area contributed by atoms with Crippen LogP contribution < -0.4 is 5.32 Å². The molecule has 2 N–H and O–H groups in total. The largest absolute Gasteiger partial charge is 0.389 e. The van der Waals surface area contributed by atoms with Gasteiger partial charge < -0.3 is 20.2 Å². The summed E-state index contributed by atoms with van der Waals surface area (Å²) in [6.07, 6.45) is 2.01. The van der Waals surface area contributed by atoms with Crippen LogP contribution in [0.3, 0.4) is 0 Å². The molecule has 0 saturated carbocycles. The number of aliphatic hydroxyl groups is 1. The van der Waals surface area contributed by atoms with Crippen molar-refractivity contribution in [3.8, 4) is 0 Å². The maximum Gasteiger partial charge on any atom is 0.222 e. The summed E-state index contributed by atoms with van der Waals surface area (Å²) in [6, 6.07) is 0. The number of piperidine rings is 1. The lowest BCUT2D eigenvalue weighted by Crippen LogP contribution is -2.39. The van der Waals surface area contributed by atoms with Crippen LogP contribution in [-0.2, 0) is 9.59 Å². The number of nitrogens with zero attached hydrogens (tertiary/aromatic N) is 2. The maximum absolute atomic E-state index is 12.3. The van der Waals surface area contributed by atoms with Gasteiger partial charge in [-0.25, -0.2) is 0 Å². The quantitative estimate of drug-likeness (QED) is 0.712. The molecule has 2 amide bonds. The van der Waals surface area contributed by atoms with Crippen LogP contribution in [0.25, 0.3) is 0 Å². The second-order valence-corrected chi connectivity index (χ2v) is 5.86. The van der Waals surface area contributed by atoms with E-state index in [-0.39, 0.29) is 11.8 Å². The van der Waals surface area contributed by atoms with E-state index in [0.29, 0.717) is 38.5 Å². The van der Waals surface area contributed by atoms with Crippen molar-refractivity contribution in [2.45, 2.75) is 32.3 Å². The van der Waals surface area contributed by atoms with E-state index in [1.807, 2.05) is 0 Å². The third-order valence-electron chi connectivity index (χ3n) is 4.22. The van der Waals surface area contributed by atoms with E-state index in [9.17, 15) is 14.7 Å². The average Bonchev–Trinajstić information content (AvgIpc) is 2.62. The van der Waals surface area contributed by atoms with Crippen LogP contribution >= 0.6 is 0 Å². The first-order chi connectivity index (χ1) is 9.56. The minimum Gasteiger partial charge on any atom is -0.389 e. The lowest BCUT2D eigenvalue weighted by atomic mass is 9.94. The van der Waals surface area contributed by atoms with Crippen LogP contribution in [0.4, 0.5) is 0 Å². The third kappa shape index (κ3) is 4.18. The molecule has 0 aromatic heterocycles. The molecule has 1 unspecified atom stereocenters. The Labute approximate surface area is 120 Å². The van der Waals surface area contributed by atoms with Crippen molar-refractivity contribution in [1.29, 1.82) is 0 Å². The predicted octanol–water partition coefficient (Wildman–Crippen LogP) is -0.572. The van der Waals surface area contributed by atoms with Gasteiger partial charge in [-0.05, 0) is 31.8 Å². The lowest BCUT2D eigenvalue weighted by molar-refractivity contribution is -0.133. The maximum atomic E-state index is 12.3. The zero-order chi connectivity index (χ0) is 14.5. The minimum absolute atomic E-state index is 0.0447. The number of hydrogen-bond acceptors (Lipinski definition) is 4. The number of β-amino-alcohol motifs (C(OH)–C–C–N with tert-alkyl or cyclic N) is 1. The third-order valence-corrected chi connectivity index (χ3v) is 4.22. The fourth-order valence-corrected chi connectivity index (χ4v) is 2.96. The summed E-state index contributed by atoms with van der Waals surface area (Å²) in [6.45, 7) is 5.18. The summed E-state index contributed by atoms with van der Waals surface area (Å²) >= 11 is 0. The summed E-state index contributed by atoms with van der Waals surface area (Å²) in [7, 11) is 0. The standard InChI is InChI=1S/C14H25N3O3/c1-11(18)16-6-7-17(10-13(19)9-16)14(20)8-12-2-4-15-5-3-12/h12-13,15,19H,2-10H2,1H3. The fraction of sp³-hybridized carbons (Fsp3) is 0.857. The van der Waals surface area contributed by atoms with Gasteiger partial charge in [0.1, 0.15) is 0 Å². The fourth-order valence-electron chi connectivity index (χ4n) is 2.96. The molecule has 2 rings (SSSR count). The van der Waals surface area contributed by atoms with E-state index in [0.717, 1.165) is 25.9 Å². The number of amides is 2. The number of nitrogens with one attached hydrogen (secondary N) is 1. The summed E-state index contributed by atoms with van der Waals surface area (Å²) in [5.41, 5.74) is 0. The molecule has 6 nitrogen and oxygen atoms in total. The van der Waals surface area contributed by atoms with Gasteiger partial charge in [0.15, 0.2) is 0 Å². The summed E-state index contributed by atoms with van der Waals surface area (Å²) in [5.74, 6) is 0.520. The van der Waals surface area contributed by atoms with Crippen LogP contribution in [0.2, 0.25) is 0 Å². The minimum atomic E-state index is -0.640. The molecule has 0 aliphatic carbocycles. The van der Waals surface area contributed by atoms with Gasteiger partial charge in [-0.3, -0.25) is 9.59 Å². The Hall–Kier alpha value is -1.14. The smallest absolute Gasteiger partial charge is 0.222 e. The molecule has 0 aromatic rings. The Bertz CT molecular complexity index is 356. The van der Waals surface area contributed by atoms with Crippen LogP contribution in [-0.4, -0.2) is 72.1 Å². The first-order valence-corrected chi connectivity index (χ1v) is 7.48. The van der Waals surface area contributed by atoms with Crippen LogP contribution in [0, 0.1) is 5.92 Å². The monoisotopic (exact) mass is 283 g/mol. The molecular weight excluding hydrogens is 258 g/mol. The highest BCUT2D eigenvalue weighted by molar-refractivity contribution is 5.77. The second kappa shape index (κ2) is 7.04. The van der Waals surface area contributed by atoms with Crippen molar-refractivity contribution in [1.82, 2.24) is 15.1 Å². The van der Waals surface area contributed by atoms with Gasteiger partial charge in [0.2, 0.25) is 11.8 Å². The zero-order valence-electron chi connectivity index (χ0n) is 12.2. The van der Waals surface area contributed by atoms with Crippen LogP contribution in [0.1, 0.15) is 26.2 Å². The predicted molar refractivity (Wildman–Crippen MR) is 75.1 cm³/mol. The van der Waals surface area contributed by atoms with E-state index in [1.165, 1.54) is 6.92 Å². The molecule has 0 bridgehead atoms. The number of aliphatic hydroxyl groups excluding tert-OH is 1. The van der Waals surface area contributed by atoms with Gasteiger partial charge in [0.05, 0.1) is 6.10 Å². The molecule has 2 aliphatic rings. The highest BCUT2D eigenvalue weighted by atomic mass is 16.3. The Morgan fingerprint density at radius 1 is 1.15 bits per heavy atom. The van der Waals surface area contributed by atoms with Crippen molar-refractivity contribution >= 4 is 11.8 Å². The molecule has 0 spiro atoms. The number of hydrogen-bond donors (Lipinski definition) is 2. The van der Waals surface area contributed by atoms with E-state index in [1.54, 1.807) is 9.80 Å². The average molecular weight is 283 g/mol. The van der Waals surface area contributed by atoms with Gasteiger partial charge in [-0.2, -0.15) is 0 Å². The highest BCUT2D eigenvalue weighted by Gasteiger charge is 2.27. The molecule has 2 heterocycles. The van der Waals surface area contributed by atoms with Crippen molar-refractivity contribution in [2.24, 2.45) is 5.92 Å². The molecule has 0 aromatic carbocycles. The lowest BCUT2D eigenvalue weighted by Gasteiger charge is -2.26. The van der Waals surface area contributed by atoms with Crippen LogP contribution in [0.5, 0.6) is 0 Å². The van der Waals surface area contributed by atoms with E-state index < -0.39 is 6.10 Å². The Kier molecular flexibility index (Phi) is 5.37. The topological polar surface area (TPSA) is 72.9 Å². The van der Waals surface area contributed by atoms with Crippen molar-refractivity contribution in [3.63, 3.8) is 0 Å². The second-order valence-electron chi connectivity index (χ2n) is 5.86. The Balaban J connectivity index is 1.87. The zero-order valence-corrected chi connectivity index (χ0v) is 12.2. The Morgan fingerprint density at radius 2 is 1.75 bits per heavy atom.